The molecule has 1 saturated heterocycles. The first-order valence-corrected chi connectivity index (χ1v) is 10.3. The van der Waals surface area contributed by atoms with Gasteiger partial charge in [-0.1, -0.05) is 29.8 Å². The summed E-state index contributed by atoms with van der Waals surface area (Å²) in [7, 11) is 0. The number of morpholine rings is 1. The van der Waals surface area contributed by atoms with Crippen LogP contribution < -0.4 is 15.8 Å². The number of nitrogens with two attached hydrogens (primary N) is 1. The molecule has 0 radical (unpaired) electrons. The maximum atomic E-state index is 6.47. The van der Waals surface area contributed by atoms with Gasteiger partial charge in [-0.05, 0) is 49.7 Å². The zero-order valence-electron chi connectivity index (χ0n) is 17.0. The predicted molar refractivity (Wildman–Crippen MR) is 119 cm³/mol. The molecule has 3 N–H and O–H groups in total. The summed E-state index contributed by atoms with van der Waals surface area (Å²) in [4.78, 5) is 6.94. The molecule has 3 rings (SSSR count). The van der Waals surface area contributed by atoms with Crippen molar-refractivity contribution in [2.45, 2.75) is 26.0 Å². The predicted octanol–water partition coefficient (Wildman–Crippen LogP) is 3.93. The fourth-order valence-electron chi connectivity index (χ4n) is 3.31. The van der Waals surface area contributed by atoms with E-state index in [4.69, 9.17) is 26.8 Å². The normalized spacial score (nSPS) is 16.6. The Hall–Kier alpha value is -2.28. The Labute approximate surface area is 177 Å². The van der Waals surface area contributed by atoms with E-state index in [1.807, 2.05) is 56.3 Å². The van der Waals surface area contributed by atoms with Gasteiger partial charge in [0.05, 0.1) is 31.9 Å². The fraction of sp³-hybridized carbons (Fsp3) is 0.409. The van der Waals surface area contributed by atoms with Crippen molar-refractivity contribution < 1.29 is 9.47 Å². The van der Waals surface area contributed by atoms with Crippen molar-refractivity contribution in [1.29, 1.82) is 0 Å². The molecule has 0 bridgehead atoms. The second-order valence-electron chi connectivity index (χ2n) is 7.23. The van der Waals surface area contributed by atoms with Crippen molar-refractivity contribution in [2.75, 3.05) is 38.2 Å². The summed E-state index contributed by atoms with van der Waals surface area (Å²) < 4.78 is 11.2. The number of nitrogens with one attached hydrogen (secondary N) is 1. The number of hydrogen-bond acceptors (Lipinski definition) is 4. The molecule has 29 heavy (non-hydrogen) atoms. The molecule has 0 aromatic heterocycles. The third-order valence-corrected chi connectivity index (χ3v) is 5.03. The molecule has 1 atom stereocenters. The molecule has 2 aromatic carbocycles. The van der Waals surface area contributed by atoms with Crippen LogP contribution in [0.2, 0.25) is 5.02 Å². The van der Waals surface area contributed by atoms with Crippen LogP contribution in [-0.4, -0.2) is 49.8 Å². The first kappa shape index (κ1) is 21.4. The van der Waals surface area contributed by atoms with Crippen molar-refractivity contribution in [3.05, 3.63) is 59.1 Å². The van der Waals surface area contributed by atoms with Crippen molar-refractivity contribution in [3.63, 3.8) is 0 Å². The fourth-order valence-corrected chi connectivity index (χ4v) is 3.57. The molecule has 156 valence electrons. The van der Waals surface area contributed by atoms with Crippen LogP contribution in [0.3, 0.4) is 0 Å². The standard InChI is InChI=1S/C22H29ClN4O2/c1-16(2)29-18-9-7-17(8-10-18)26-22(24)25-15-21(27-11-13-28-14-12-27)19-5-3-4-6-20(19)23/h3-10,16,21H,11-15H2,1-2H3,(H3,24,25,26). The monoisotopic (exact) mass is 416 g/mol. The van der Waals surface area contributed by atoms with Crippen molar-refractivity contribution >= 4 is 23.2 Å². The summed E-state index contributed by atoms with van der Waals surface area (Å²) in [6.07, 6.45) is 0.141. The first-order valence-electron chi connectivity index (χ1n) is 9.93. The molecule has 1 aliphatic rings. The van der Waals surface area contributed by atoms with E-state index in [0.717, 1.165) is 35.1 Å². The number of anilines is 1. The van der Waals surface area contributed by atoms with Crippen molar-refractivity contribution in [1.82, 2.24) is 4.90 Å². The highest BCUT2D eigenvalue weighted by Crippen LogP contribution is 2.28. The van der Waals surface area contributed by atoms with Gasteiger partial charge in [-0.15, -0.1) is 0 Å². The molecule has 0 saturated carbocycles. The Morgan fingerprint density at radius 1 is 1.17 bits per heavy atom. The maximum absolute atomic E-state index is 6.47. The number of ether oxygens (including phenoxy) is 2. The third-order valence-electron chi connectivity index (χ3n) is 4.68. The molecule has 1 unspecified atom stereocenters. The van der Waals surface area contributed by atoms with Gasteiger partial charge < -0.3 is 20.5 Å². The minimum atomic E-state index is 0.0507. The average molecular weight is 417 g/mol. The van der Waals surface area contributed by atoms with Crippen LogP contribution in [0.25, 0.3) is 0 Å². The summed E-state index contributed by atoms with van der Waals surface area (Å²) >= 11 is 6.47. The van der Waals surface area contributed by atoms with Gasteiger partial charge in [0.25, 0.3) is 0 Å². The average Bonchev–Trinajstić information content (AvgIpc) is 2.71. The van der Waals surface area contributed by atoms with E-state index in [1.54, 1.807) is 0 Å². The number of guanidine groups is 1. The zero-order chi connectivity index (χ0) is 20.6. The minimum Gasteiger partial charge on any atom is -0.491 e. The molecule has 0 amide bonds. The lowest BCUT2D eigenvalue weighted by molar-refractivity contribution is 0.0180. The van der Waals surface area contributed by atoms with Crippen LogP contribution >= 0.6 is 11.6 Å². The quantitative estimate of drug-likeness (QED) is 0.528. The van der Waals surface area contributed by atoms with Crippen LogP contribution in [0.1, 0.15) is 25.5 Å². The second-order valence-corrected chi connectivity index (χ2v) is 7.63. The molecular formula is C22H29ClN4O2. The number of nitrogens with zero attached hydrogens (tertiary/aromatic N) is 2. The lowest BCUT2D eigenvalue weighted by atomic mass is 10.0. The number of hydrogen-bond donors (Lipinski definition) is 2. The molecule has 2 aromatic rings. The van der Waals surface area contributed by atoms with Crippen LogP contribution in [0.15, 0.2) is 53.5 Å². The molecular weight excluding hydrogens is 388 g/mol. The van der Waals surface area contributed by atoms with E-state index in [1.165, 1.54) is 0 Å². The van der Waals surface area contributed by atoms with Gasteiger partial charge in [0, 0.05) is 23.8 Å². The summed E-state index contributed by atoms with van der Waals surface area (Å²) in [5, 5.41) is 3.88. The SMILES string of the molecule is CC(C)Oc1ccc(NC(N)=NCC(c2ccccc2Cl)N2CCOCC2)cc1. The van der Waals surface area contributed by atoms with E-state index in [2.05, 4.69) is 21.3 Å². The van der Waals surface area contributed by atoms with Crippen molar-refractivity contribution in [3.8, 4) is 5.75 Å². The van der Waals surface area contributed by atoms with E-state index in [-0.39, 0.29) is 12.1 Å². The molecule has 0 aliphatic carbocycles. The van der Waals surface area contributed by atoms with Crippen molar-refractivity contribution in [2.24, 2.45) is 10.7 Å². The highest BCUT2D eigenvalue weighted by Gasteiger charge is 2.24. The summed E-state index contributed by atoms with van der Waals surface area (Å²) in [6, 6.07) is 15.6. The third kappa shape index (κ3) is 6.35. The van der Waals surface area contributed by atoms with E-state index in [9.17, 15) is 0 Å². The van der Waals surface area contributed by atoms with Gasteiger partial charge in [-0.3, -0.25) is 9.89 Å². The Kier molecular flexibility index (Phi) is 7.75. The van der Waals surface area contributed by atoms with Crippen LogP contribution in [-0.2, 0) is 4.74 Å². The van der Waals surface area contributed by atoms with Crippen LogP contribution in [0, 0.1) is 0 Å². The maximum Gasteiger partial charge on any atom is 0.193 e. The van der Waals surface area contributed by atoms with E-state index >= 15 is 0 Å². The van der Waals surface area contributed by atoms with E-state index in [0.29, 0.717) is 25.7 Å². The second kappa shape index (κ2) is 10.5. The van der Waals surface area contributed by atoms with Crippen LogP contribution in [0.5, 0.6) is 5.75 Å². The molecule has 0 spiro atoms. The topological polar surface area (TPSA) is 72.1 Å². The molecule has 1 fully saturated rings. The smallest absolute Gasteiger partial charge is 0.193 e. The molecule has 6 nitrogen and oxygen atoms in total. The Bertz CT molecular complexity index is 805. The Morgan fingerprint density at radius 2 is 1.86 bits per heavy atom. The zero-order valence-corrected chi connectivity index (χ0v) is 17.7. The van der Waals surface area contributed by atoms with Gasteiger partial charge in [0.2, 0.25) is 0 Å². The van der Waals surface area contributed by atoms with Gasteiger partial charge in [0.1, 0.15) is 5.75 Å². The van der Waals surface area contributed by atoms with Gasteiger partial charge in [0.15, 0.2) is 5.96 Å². The number of aliphatic imine (C=N–C) groups is 1. The van der Waals surface area contributed by atoms with Gasteiger partial charge in [-0.2, -0.15) is 0 Å². The molecule has 7 heteroatoms. The van der Waals surface area contributed by atoms with Gasteiger partial charge >= 0.3 is 0 Å². The summed E-state index contributed by atoms with van der Waals surface area (Å²) in [5.74, 6) is 1.19. The summed E-state index contributed by atoms with van der Waals surface area (Å²) in [5.41, 5.74) is 8.07. The number of benzene rings is 2. The minimum absolute atomic E-state index is 0.0507. The number of rotatable bonds is 7. The largest absolute Gasteiger partial charge is 0.491 e. The lowest BCUT2D eigenvalue weighted by Crippen LogP contribution is -2.40. The number of halogens is 1. The van der Waals surface area contributed by atoms with E-state index < -0.39 is 0 Å². The first-order chi connectivity index (χ1) is 14.0. The van der Waals surface area contributed by atoms with Gasteiger partial charge in [-0.25, -0.2) is 0 Å². The van der Waals surface area contributed by atoms with Crippen LogP contribution in [0.4, 0.5) is 5.69 Å². The Balaban J connectivity index is 1.68. The molecule has 1 aliphatic heterocycles. The Morgan fingerprint density at radius 3 is 2.52 bits per heavy atom. The molecule has 1 heterocycles. The summed E-state index contributed by atoms with van der Waals surface area (Å²) in [6.45, 7) is 7.62. The lowest BCUT2D eigenvalue weighted by Gasteiger charge is -2.34. The highest BCUT2D eigenvalue weighted by molar-refractivity contribution is 6.31. The highest BCUT2D eigenvalue weighted by atomic mass is 35.5.